The molecule has 0 heterocycles. The second-order valence-corrected chi connectivity index (χ2v) is 12.9. The summed E-state index contributed by atoms with van der Waals surface area (Å²) in [7, 11) is -4.12. The van der Waals surface area contributed by atoms with Gasteiger partial charge in [0, 0.05) is 19.5 Å². The number of unbranched alkanes of at least 4 members (excludes halogenated alkanes) is 1. The normalized spacial score (nSPS) is 11.9. The summed E-state index contributed by atoms with van der Waals surface area (Å²) in [4.78, 5) is 29.9. The van der Waals surface area contributed by atoms with E-state index in [2.05, 4.69) is 5.32 Å². The van der Waals surface area contributed by atoms with Gasteiger partial charge in [0.2, 0.25) is 11.8 Å². The number of hydrogen-bond donors (Lipinski definition) is 1. The Morgan fingerprint density at radius 2 is 1.39 bits per heavy atom. The van der Waals surface area contributed by atoms with Crippen LogP contribution in [0.3, 0.4) is 0 Å². The van der Waals surface area contributed by atoms with Crippen LogP contribution in [-0.2, 0) is 32.6 Å². The molecule has 1 unspecified atom stereocenters. The molecule has 0 aliphatic rings. The Balaban J connectivity index is 1.78. The number of anilines is 1. The number of hydrogen-bond acceptors (Lipinski definition) is 4. The van der Waals surface area contributed by atoms with Gasteiger partial charge < -0.3 is 10.2 Å². The molecule has 230 valence electrons. The number of amides is 2. The van der Waals surface area contributed by atoms with Crippen molar-refractivity contribution in [1.82, 2.24) is 10.2 Å². The molecule has 0 fully saturated rings. The van der Waals surface area contributed by atoms with Crippen LogP contribution >= 0.6 is 0 Å². The van der Waals surface area contributed by atoms with E-state index in [0.29, 0.717) is 12.2 Å². The lowest BCUT2D eigenvalue weighted by molar-refractivity contribution is -0.140. The third kappa shape index (κ3) is 8.57. The molecule has 0 saturated carbocycles. The second kappa shape index (κ2) is 15.3. The third-order valence-corrected chi connectivity index (χ3v) is 9.22. The zero-order chi connectivity index (χ0) is 31.5. The summed E-state index contributed by atoms with van der Waals surface area (Å²) in [6, 6.07) is 31.7. The van der Waals surface area contributed by atoms with E-state index < -0.39 is 28.5 Å². The molecule has 44 heavy (non-hydrogen) atoms. The second-order valence-electron chi connectivity index (χ2n) is 11.0. The molecular formula is C36H41N3O4S. The van der Waals surface area contributed by atoms with Crippen molar-refractivity contribution in [3.8, 4) is 0 Å². The molecule has 4 aromatic carbocycles. The molecule has 7 nitrogen and oxygen atoms in total. The van der Waals surface area contributed by atoms with Crippen LogP contribution in [0.15, 0.2) is 114 Å². The molecule has 2 amide bonds. The van der Waals surface area contributed by atoms with Crippen molar-refractivity contribution in [2.24, 2.45) is 0 Å². The van der Waals surface area contributed by atoms with E-state index in [0.717, 1.165) is 39.4 Å². The summed E-state index contributed by atoms with van der Waals surface area (Å²) in [5.74, 6) is -0.740. The molecule has 0 aromatic heterocycles. The highest BCUT2D eigenvalue weighted by atomic mass is 32.2. The molecular weight excluding hydrogens is 570 g/mol. The number of nitrogens with zero attached hydrogens (tertiary/aromatic N) is 2. The van der Waals surface area contributed by atoms with Crippen molar-refractivity contribution in [3.63, 3.8) is 0 Å². The van der Waals surface area contributed by atoms with Crippen molar-refractivity contribution in [3.05, 3.63) is 131 Å². The van der Waals surface area contributed by atoms with Crippen LogP contribution in [0.2, 0.25) is 0 Å². The standard InChI is InChI=1S/C36H41N3O4S/c1-4-5-22-37-36(41)34(25-30-16-8-6-9-17-30)38(26-31-18-12-14-28(2)23-31)35(40)27-39(32-19-13-15-29(3)24-32)44(42,43)33-20-10-7-11-21-33/h6-21,23-24,34H,4-5,22,25-27H2,1-3H3,(H,37,41). The van der Waals surface area contributed by atoms with Crippen LogP contribution in [0.25, 0.3) is 0 Å². The van der Waals surface area contributed by atoms with Gasteiger partial charge in [0.15, 0.2) is 0 Å². The van der Waals surface area contributed by atoms with Crippen LogP contribution in [0, 0.1) is 13.8 Å². The number of benzene rings is 4. The Labute approximate surface area is 261 Å². The van der Waals surface area contributed by atoms with E-state index in [9.17, 15) is 18.0 Å². The molecule has 0 radical (unpaired) electrons. The van der Waals surface area contributed by atoms with Gasteiger partial charge in [-0.3, -0.25) is 13.9 Å². The molecule has 0 saturated heterocycles. The Bertz CT molecular complexity index is 1640. The summed E-state index contributed by atoms with van der Waals surface area (Å²) < 4.78 is 29.2. The largest absolute Gasteiger partial charge is 0.354 e. The molecule has 8 heteroatoms. The molecule has 0 bridgehead atoms. The van der Waals surface area contributed by atoms with E-state index in [1.807, 2.05) is 81.4 Å². The van der Waals surface area contributed by atoms with Gasteiger partial charge in [-0.25, -0.2) is 8.42 Å². The minimum absolute atomic E-state index is 0.0812. The van der Waals surface area contributed by atoms with E-state index >= 15 is 0 Å². The maximum Gasteiger partial charge on any atom is 0.264 e. The fourth-order valence-corrected chi connectivity index (χ4v) is 6.53. The molecule has 0 aliphatic carbocycles. The van der Waals surface area contributed by atoms with E-state index in [1.54, 1.807) is 36.4 Å². The van der Waals surface area contributed by atoms with Gasteiger partial charge in [-0.05, 0) is 61.2 Å². The van der Waals surface area contributed by atoms with Gasteiger partial charge in [-0.2, -0.15) is 0 Å². The number of nitrogens with one attached hydrogen (secondary N) is 1. The zero-order valence-electron chi connectivity index (χ0n) is 25.6. The first kappa shape index (κ1) is 32.5. The minimum Gasteiger partial charge on any atom is -0.354 e. The molecule has 0 spiro atoms. The van der Waals surface area contributed by atoms with Crippen LogP contribution in [0.4, 0.5) is 5.69 Å². The van der Waals surface area contributed by atoms with Crippen LogP contribution in [-0.4, -0.2) is 44.3 Å². The topological polar surface area (TPSA) is 86.8 Å². The zero-order valence-corrected chi connectivity index (χ0v) is 26.5. The lowest BCUT2D eigenvalue weighted by Crippen LogP contribution is -2.53. The highest BCUT2D eigenvalue weighted by molar-refractivity contribution is 7.92. The number of sulfonamides is 1. The number of rotatable bonds is 14. The predicted molar refractivity (Wildman–Crippen MR) is 176 cm³/mol. The van der Waals surface area contributed by atoms with Crippen molar-refractivity contribution in [2.45, 2.75) is 57.5 Å². The number of carbonyl (C=O) groups excluding carboxylic acids is 2. The molecule has 4 aromatic rings. The van der Waals surface area contributed by atoms with Crippen molar-refractivity contribution >= 4 is 27.5 Å². The van der Waals surface area contributed by atoms with Crippen LogP contribution < -0.4 is 9.62 Å². The maximum atomic E-state index is 14.5. The van der Waals surface area contributed by atoms with E-state index in [4.69, 9.17) is 0 Å². The van der Waals surface area contributed by atoms with E-state index in [1.165, 1.54) is 17.0 Å². The SMILES string of the molecule is CCCCNC(=O)C(Cc1ccccc1)N(Cc1cccc(C)c1)C(=O)CN(c1cccc(C)c1)S(=O)(=O)c1ccccc1. The van der Waals surface area contributed by atoms with Gasteiger partial charge in [-0.15, -0.1) is 0 Å². The van der Waals surface area contributed by atoms with Gasteiger partial charge in [-0.1, -0.05) is 104 Å². The smallest absolute Gasteiger partial charge is 0.264 e. The first-order valence-electron chi connectivity index (χ1n) is 15.0. The van der Waals surface area contributed by atoms with Gasteiger partial charge >= 0.3 is 0 Å². The summed E-state index contributed by atoms with van der Waals surface area (Å²) in [5.41, 5.74) is 4.01. The van der Waals surface area contributed by atoms with Crippen LogP contribution in [0.1, 0.15) is 42.0 Å². The Morgan fingerprint density at radius 3 is 2.02 bits per heavy atom. The Kier molecular flexibility index (Phi) is 11.3. The number of carbonyl (C=O) groups is 2. The van der Waals surface area contributed by atoms with Crippen molar-refractivity contribution in [1.29, 1.82) is 0 Å². The summed E-state index contributed by atoms with van der Waals surface area (Å²) in [5, 5.41) is 3.02. The monoisotopic (exact) mass is 611 g/mol. The van der Waals surface area contributed by atoms with Crippen molar-refractivity contribution < 1.29 is 18.0 Å². The molecule has 1 atom stereocenters. The van der Waals surface area contributed by atoms with Gasteiger partial charge in [0.25, 0.3) is 10.0 Å². The predicted octanol–water partition coefficient (Wildman–Crippen LogP) is 6.06. The Hall–Kier alpha value is -4.43. The van der Waals surface area contributed by atoms with Crippen LogP contribution in [0.5, 0.6) is 0 Å². The highest BCUT2D eigenvalue weighted by Crippen LogP contribution is 2.26. The third-order valence-electron chi connectivity index (χ3n) is 7.44. The van der Waals surface area contributed by atoms with Gasteiger partial charge in [0.1, 0.15) is 12.6 Å². The van der Waals surface area contributed by atoms with Gasteiger partial charge in [0.05, 0.1) is 10.6 Å². The lowest BCUT2D eigenvalue weighted by atomic mass is 10.0. The Morgan fingerprint density at radius 1 is 0.773 bits per heavy atom. The fraction of sp³-hybridized carbons (Fsp3) is 0.278. The minimum atomic E-state index is -4.12. The average Bonchev–Trinajstić information content (AvgIpc) is 3.02. The quantitative estimate of drug-likeness (QED) is 0.176. The average molecular weight is 612 g/mol. The summed E-state index contributed by atoms with van der Waals surface area (Å²) in [6.45, 7) is 6.06. The molecule has 1 N–H and O–H groups in total. The molecule has 0 aliphatic heterocycles. The first-order chi connectivity index (χ1) is 21.2. The molecule has 4 rings (SSSR count). The summed E-state index contributed by atoms with van der Waals surface area (Å²) in [6.07, 6.45) is 2.01. The highest BCUT2D eigenvalue weighted by Gasteiger charge is 2.34. The van der Waals surface area contributed by atoms with E-state index in [-0.39, 0.29) is 23.8 Å². The maximum absolute atomic E-state index is 14.5. The lowest BCUT2D eigenvalue weighted by Gasteiger charge is -2.34. The number of aryl methyl sites for hydroxylation is 2. The first-order valence-corrected chi connectivity index (χ1v) is 16.4. The fourth-order valence-electron chi connectivity index (χ4n) is 5.10. The van der Waals surface area contributed by atoms with Crippen molar-refractivity contribution in [2.75, 3.05) is 17.4 Å². The summed E-state index contributed by atoms with van der Waals surface area (Å²) >= 11 is 0.